The van der Waals surface area contributed by atoms with Crippen molar-refractivity contribution >= 4 is 27.6 Å². The van der Waals surface area contributed by atoms with Crippen LogP contribution >= 0.6 is 0 Å². The molecule has 144 valence electrons. The molecule has 0 aliphatic carbocycles. The molecule has 27 heavy (non-hydrogen) atoms. The number of hydrogen-bond donors (Lipinski definition) is 1. The van der Waals surface area contributed by atoms with Crippen LogP contribution in [0.3, 0.4) is 0 Å². The van der Waals surface area contributed by atoms with Gasteiger partial charge in [0.15, 0.2) is 0 Å². The van der Waals surface area contributed by atoms with E-state index in [0.717, 1.165) is 14.8 Å². The van der Waals surface area contributed by atoms with E-state index in [1.54, 1.807) is 24.3 Å². The summed E-state index contributed by atoms with van der Waals surface area (Å²) in [5, 5.41) is 9.01. The molecule has 0 heterocycles. The number of anilines is 1. The lowest BCUT2D eigenvalue weighted by Crippen LogP contribution is -2.40. The molecular formula is C19H22N2O5S. The van der Waals surface area contributed by atoms with Crippen molar-refractivity contribution in [3.63, 3.8) is 0 Å². The maximum atomic E-state index is 12.7. The van der Waals surface area contributed by atoms with Crippen LogP contribution in [0.4, 0.5) is 5.69 Å². The van der Waals surface area contributed by atoms with Gasteiger partial charge in [0, 0.05) is 19.7 Å². The Labute approximate surface area is 158 Å². The lowest BCUT2D eigenvalue weighted by Gasteiger charge is -2.22. The fraction of sp³-hybridized carbons (Fsp3) is 0.263. The van der Waals surface area contributed by atoms with Crippen molar-refractivity contribution in [2.45, 2.75) is 24.8 Å². The molecule has 0 radical (unpaired) electrons. The Bertz CT molecular complexity index is 937. The number of carbonyl (C=O) groups is 2. The molecule has 0 saturated heterocycles. The Morgan fingerprint density at radius 1 is 0.963 bits per heavy atom. The summed E-state index contributed by atoms with van der Waals surface area (Å²) in [6, 6.07) is 11.5. The highest BCUT2D eigenvalue weighted by molar-refractivity contribution is 7.92. The predicted molar refractivity (Wildman–Crippen MR) is 102 cm³/mol. The first kappa shape index (κ1) is 20.4. The van der Waals surface area contributed by atoms with Gasteiger partial charge in [-0.05, 0) is 50.2 Å². The van der Waals surface area contributed by atoms with E-state index in [1.807, 2.05) is 6.92 Å². The molecule has 2 aromatic carbocycles. The fourth-order valence-electron chi connectivity index (χ4n) is 2.37. The van der Waals surface area contributed by atoms with E-state index < -0.39 is 27.9 Å². The maximum Gasteiger partial charge on any atom is 0.326 e. The van der Waals surface area contributed by atoms with E-state index in [1.165, 1.54) is 45.3 Å². The van der Waals surface area contributed by atoms with Crippen LogP contribution in [-0.4, -0.2) is 50.4 Å². The lowest BCUT2D eigenvalue weighted by molar-refractivity contribution is -0.141. The van der Waals surface area contributed by atoms with Crippen LogP contribution in [0.5, 0.6) is 0 Å². The highest BCUT2D eigenvalue weighted by Gasteiger charge is 2.24. The van der Waals surface area contributed by atoms with Crippen molar-refractivity contribution in [3.05, 3.63) is 59.7 Å². The van der Waals surface area contributed by atoms with Crippen LogP contribution in [0, 0.1) is 6.92 Å². The number of amides is 1. The molecule has 0 saturated carbocycles. The summed E-state index contributed by atoms with van der Waals surface area (Å²) in [4.78, 5) is 24.7. The molecule has 0 aliphatic rings. The van der Waals surface area contributed by atoms with Crippen LogP contribution in [0.1, 0.15) is 22.8 Å². The van der Waals surface area contributed by atoms with Gasteiger partial charge in [-0.2, -0.15) is 0 Å². The Morgan fingerprint density at radius 3 is 1.96 bits per heavy atom. The number of aryl methyl sites for hydroxylation is 1. The number of rotatable bonds is 6. The predicted octanol–water partition coefficient (Wildman–Crippen LogP) is 2.37. The number of carboxylic acids is 1. The van der Waals surface area contributed by atoms with Gasteiger partial charge in [-0.1, -0.05) is 17.7 Å². The smallest absolute Gasteiger partial charge is 0.326 e. The van der Waals surface area contributed by atoms with Gasteiger partial charge in [-0.15, -0.1) is 0 Å². The molecule has 2 rings (SSSR count). The van der Waals surface area contributed by atoms with Crippen LogP contribution in [0.15, 0.2) is 53.4 Å². The van der Waals surface area contributed by atoms with E-state index in [-0.39, 0.29) is 10.5 Å². The minimum absolute atomic E-state index is 0.172. The summed E-state index contributed by atoms with van der Waals surface area (Å²) < 4.78 is 26.6. The molecule has 1 N–H and O–H groups in total. The summed E-state index contributed by atoms with van der Waals surface area (Å²) in [5.41, 5.74) is 1.62. The molecule has 0 aliphatic heterocycles. The van der Waals surface area contributed by atoms with Crippen LogP contribution in [0.25, 0.3) is 0 Å². The van der Waals surface area contributed by atoms with Crippen LogP contribution < -0.4 is 4.31 Å². The quantitative estimate of drug-likeness (QED) is 0.817. The number of nitrogens with zero attached hydrogens (tertiary/aromatic N) is 2. The van der Waals surface area contributed by atoms with Gasteiger partial charge in [-0.3, -0.25) is 9.10 Å². The molecule has 0 bridgehead atoms. The molecule has 2 aromatic rings. The van der Waals surface area contributed by atoms with E-state index in [2.05, 4.69) is 0 Å². The van der Waals surface area contributed by atoms with Gasteiger partial charge >= 0.3 is 5.97 Å². The Morgan fingerprint density at radius 2 is 1.48 bits per heavy atom. The van der Waals surface area contributed by atoms with Crippen LogP contribution in [-0.2, 0) is 14.8 Å². The van der Waals surface area contributed by atoms with E-state index >= 15 is 0 Å². The zero-order chi connectivity index (χ0) is 20.4. The number of carboxylic acid groups (broad SMARTS) is 1. The topological polar surface area (TPSA) is 95.0 Å². The van der Waals surface area contributed by atoms with Gasteiger partial charge in [0.2, 0.25) is 0 Å². The highest BCUT2D eigenvalue weighted by atomic mass is 32.2. The summed E-state index contributed by atoms with van der Waals surface area (Å²) in [7, 11) is -0.882. The third-order valence-electron chi connectivity index (χ3n) is 4.42. The lowest BCUT2D eigenvalue weighted by atomic mass is 10.1. The molecule has 0 spiro atoms. The largest absolute Gasteiger partial charge is 0.480 e. The third kappa shape index (κ3) is 4.28. The number of carbonyl (C=O) groups excluding carboxylic acids is 1. The normalized spacial score (nSPS) is 12.3. The molecule has 7 nitrogen and oxygen atoms in total. The first-order valence-corrected chi connectivity index (χ1v) is 9.65. The number of benzene rings is 2. The van der Waals surface area contributed by atoms with Gasteiger partial charge in [0.1, 0.15) is 6.04 Å². The number of aliphatic carboxylic acids is 1. The van der Waals surface area contributed by atoms with Crippen molar-refractivity contribution in [2.75, 3.05) is 18.4 Å². The van der Waals surface area contributed by atoms with Crippen molar-refractivity contribution < 1.29 is 23.1 Å². The fourth-order valence-corrected chi connectivity index (χ4v) is 3.56. The molecular weight excluding hydrogens is 368 g/mol. The maximum absolute atomic E-state index is 12.7. The van der Waals surface area contributed by atoms with Gasteiger partial charge in [0.05, 0.1) is 10.6 Å². The number of sulfonamides is 1. The Balaban J connectivity index is 2.25. The monoisotopic (exact) mass is 390 g/mol. The third-order valence-corrected chi connectivity index (χ3v) is 6.22. The standard InChI is InChI=1S/C19H22N2O5S/c1-13-5-11-17(12-6-13)27(25,26)21(4)16-9-7-15(8-10-16)18(22)20(3)14(2)19(23)24/h5-12,14H,1-4H3,(H,23,24). The minimum Gasteiger partial charge on any atom is -0.480 e. The van der Waals surface area contributed by atoms with Crippen LogP contribution in [0.2, 0.25) is 0 Å². The highest BCUT2D eigenvalue weighted by Crippen LogP contribution is 2.23. The average Bonchev–Trinajstić information content (AvgIpc) is 2.66. The second-order valence-corrected chi connectivity index (χ2v) is 8.23. The molecule has 0 aromatic heterocycles. The molecule has 1 atom stereocenters. The first-order valence-electron chi connectivity index (χ1n) is 8.21. The zero-order valence-electron chi connectivity index (χ0n) is 15.6. The summed E-state index contributed by atoms with van der Waals surface area (Å²) in [6.45, 7) is 3.29. The molecule has 1 amide bonds. The summed E-state index contributed by atoms with van der Waals surface area (Å²) in [6.07, 6.45) is 0. The first-order chi connectivity index (χ1) is 12.6. The SMILES string of the molecule is Cc1ccc(S(=O)(=O)N(C)c2ccc(C(=O)N(C)C(C)C(=O)O)cc2)cc1. The van der Waals surface area contributed by atoms with Gasteiger partial charge < -0.3 is 10.0 Å². The molecule has 0 fully saturated rings. The van der Waals surface area contributed by atoms with Crippen molar-refractivity contribution in [2.24, 2.45) is 0 Å². The summed E-state index contributed by atoms with van der Waals surface area (Å²) >= 11 is 0. The molecule has 1 unspecified atom stereocenters. The van der Waals surface area contributed by atoms with E-state index in [4.69, 9.17) is 5.11 Å². The van der Waals surface area contributed by atoms with Crippen molar-refractivity contribution in [1.82, 2.24) is 4.90 Å². The van der Waals surface area contributed by atoms with Gasteiger partial charge in [-0.25, -0.2) is 13.2 Å². The van der Waals surface area contributed by atoms with Crippen molar-refractivity contribution in [3.8, 4) is 0 Å². The second kappa shape index (κ2) is 7.79. The number of likely N-dealkylation sites (N-methyl/N-ethyl adjacent to an activating group) is 1. The molecule has 8 heteroatoms. The average molecular weight is 390 g/mol. The van der Waals surface area contributed by atoms with E-state index in [9.17, 15) is 18.0 Å². The number of hydrogen-bond acceptors (Lipinski definition) is 4. The van der Waals surface area contributed by atoms with Gasteiger partial charge in [0.25, 0.3) is 15.9 Å². The second-order valence-electron chi connectivity index (χ2n) is 6.26. The Hall–Kier alpha value is -2.87. The zero-order valence-corrected chi connectivity index (χ0v) is 16.4. The van der Waals surface area contributed by atoms with Crippen molar-refractivity contribution in [1.29, 1.82) is 0 Å². The van der Waals surface area contributed by atoms with E-state index in [0.29, 0.717) is 5.69 Å². The Kier molecular flexibility index (Phi) is 5.90. The summed E-state index contributed by atoms with van der Waals surface area (Å²) in [5.74, 6) is -1.56. The minimum atomic E-state index is -3.72.